The molecule has 0 unspecified atom stereocenters. The fraction of sp³-hybridized carbons (Fsp3) is 0.0154. The van der Waals surface area contributed by atoms with Gasteiger partial charge in [0.15, 0.2) is 0 Å². The van der Waals surface area contributed by atoms with Gasteiger partial charge in [0, 0.05) is 32.7 Å². The van der Waals surface area contributed by atoms with Crippen LogP contribution in [-0.4, -0.2) is 0 Å². The van der Waals surface area contributed by atoms with Crippen molar-refractivity contribution in [2.75, 3.05) is 4.90 Å². The molecule has 11 aromatic carbocycles. The first-order valence-corrected chi connectivity index (χ1v) is 23.2. The van der Waals surface area contributed by atoms with E-state index in [1.165, 1.54) is 55.6 Å². The monoisotopic (exact) mass is 851 g/mol. The first kappa shape index (κ1) is 37.6. The minimum Gasteiger partial charge on any atom is -0.455 e. The van der Waals surface area contributed by atoms with Crippen LogP contribution < -0.4 is 4.90 Å². The van der Waals surface area contributed by atoms with Crippen molar-refractivity contribution >= 4 is 49.8 Å². The van der Waals surface area contributed by atoms with E-state index in [1.807, 2.05) is 0 Å². The van der Waals surface area contributed by atoms with Crippen molar-refractivity contribution in [3.05, 3.63) is 271 Å². The van der Waals surface area contributed by atoms with Gasteiger partial charge in [-0.3, -0.25) is 0 Å². The minimum absolute atomic E-state index is 0.490. The lowest BCUT2D eigenvalue weighted by molar-refractivity contribution is 0.673. The van der Waals surface area contributed by atoms with Gasteiger partial charge in [0.1, 0.15) is 11.2 Å². The molecule has 1 aromatic heterocycles. The second-order valence-electron chi connectivity index (χ2n) is 17.9. The highest BCUT2D eigenvalue weighted by atomic mass is 16.3. The van der Waals surface area contributed by atoms with Gasteiger partial charge in [-0.1, -0.05) is 218 Å². The number of hydrogen-bond donors (Lipinski definition) is 0. The first-order valence-electron chi connectivity index (χ1n) is 23.2. The number of para-hydroxylation sites is 1. The lowest BCUT2D eigenvalue weighted by Crippen LogP contribution is -2.26. The van der Waals surface area contributed by atoms with Gasteiger partial charge in [-0.05, 0) is 97.1 Å². The molecule has 1 spiro atoms. The standard InChI is InChI=1S/C65H41NO/c1-3-20-42(21-4-1)44-24-17-25-45(40-44)47-32-18-39-61-62(47)53-41-60(50-29-7-8-30-51(50)64(53)67-61)66(58-37-16-12-26-46(58)43-22-5-2-6-23-43)59-38-19-36-57-63(59)52-31-11-15-35-56(52)65(57)54-33-13-9-27-48(54)49-28-10-14-34-55(49)65/h1-41H. The molecule has 0 radical (unpaired) electrons. The van der Waals surface area contributed by atoms with E-state index in [2.05, 4.69) is 254 Å². The zero-order chi connectivity index (χ0) is 44.1. The van der Waals surface area contributed by atoms with Crippen LogP contribution in [0, 0.1) is 0 Å². The molecule has 2 aliphatic rings. The van der Waals surface area contributed by atoms with Crippen LogP contribution in [0.1, 0.15) is 22.3 Å². The number of nitrogens with zero attached hydrogens (tertiary/aromatic N) is 1. The maximum atomic E-state index is 7.01. The summed E-state index contributed by atoms with van der Waals surface area (Å²) in [5.74, 6) is 0. The third-order valence-corrected chi connectivity index (χ3v) is 14.5. The van der Waals surface area contributed by atoms with Gasteiger partial charge in [-0.15, -0.1) is 0 Å². The van der Waals surface area contributed by atoms with Crippen LogP contribution in [0.2, 0.25) is 0 Å². The Morgan fingerprint density at radius 3 is 1.55 bits per heavy atom. The van der Waals surface area contributed by atoms with E-state index in [1.54, 1.807) is 0 Å². The summed E-state index contributed by atoms with van der Waals surface area (Å²) in [5.41, 5.74) is 21.9. The minimum atomic E-state index is -0.490. The van der Waals surface area contributed by atoms with Gasteiger partial charge in [-0.2, -0.15) is 0 Å². The Morgan fingerprint density at radius 1 is 0.299 bits per heavy atom. The summed E-state index contributed by atoms with van der Waals surface area (Å²) in [5, 5.41) is 4.36. The van der Waals surface area contributed by atoms with Crippen molar-refractivity contribution in [2.45, 2.75) is 5.41 Å². The average Bonchev–Trinajstić information content (AvgIpc) is 4.04. The summed E-state index contributed by atoms with van der Waals surface area (Å²) in [6, 6.07) is 91.2. The molecule has 0 saturated carbocycles. The van der Waals surface area contributed by atoms with E-state index < -0.39 is 5.41 Å². The van der Waals surface area contributed by atoms with Crippen LogP contribution in [-0.2, 0) is 5.41 Å². The Hall–Kier alpha value is -8.72. The molecule has 0 bridgehead atoms. The number of benzene rings is 11. The van der Waals surface area contributed by atoms with E-state index in [0.717, 1.165) is 72.0 Å². The van der Waals surface area contributed by atoms with E-state index >= 15 is 0 Å². The van der Waals surface area contributed by atoms with Crippen molar-refractivity contribution in [1.82, 2.24) is 0 Å². The van der Waals surface area contributed by atoms with Crippen LogP contribution in [0.3, 0.4) is 0 Å². The number of rotatable bonds is 6. The Kier molecular flexibility index (Phi) is 8.23. The molecule has 0 saturated heterocycles. The van der Waals surface area contributed by atoms with Crippen LogP contribution in [0.25, 0.3) is 88.3 Å². The zero-order valence-corrected chi connectivity index (χ0v) is 36.5. The molecule has 312 valence electrons. The molecule has 0 atom stereocenters. The molecule has 12 aromatic rings. The van der Waals surface area contributed by atoms with Gasteiger partial charge in [0.05, 0.1) is 22.5 Å². The van der Waals surface area contributed by atoms with Crippen LogP contribution in [0.4, 0.5) is 17.1 Å². The lowest BCUT2D eigenvalue weighted by atomic mass is 9.70. The fourth-order valence-electron chi connectivity index (χ4n) is 11.8. The van der Waals surface area contributed by atoms with Gasteiger partial charge < -0.3 is 9.32 Å². The normalized spacial score (nSPS) is 12.9. The van der Waals surface area contributed by atoms with Gasteiger partial charge >= 0.3 is 0 Å². The average molecular weight is 852 g/mol. The molecule has 2 nitrogen and oxygen atoms in total. The van der Waals surface area contributed by atoms with Crippen molar-refractivity contribution in [3.63, 3.8) is 0 Å². The fourth-order valence-corrected chi connectivity index (χ4v) is 11.8. The van der Waals surface area contributed by atoms with Crippen LogP contribution in [0.5, 0.6) is 0 Å². The maximum absolute atomic E-state index is 7.01. The summed E-state index contributed by atoms with van der Waals surface area (Å²) in [6.45, 7) is 0. The molecular formula is C65H41NO. The number of anilines is 3. The van der Waals surface area contributed by atoms with Crippen molar-refractivity contribution in [3.8, 4) is 55.6 Å². The predicted octanol–water partition coefficient (Wildman–Crippen LogP) is 17.6. The van der Waals surface area contributed by atoms with Crippen molar-refractivity contribution in [2.24, 2.45) is 0 Å². The molecular weight excluding hydrogens is 811 g/mol. The molecule has 0 amide bonds. The summed E-state index contributed by atoms with van der Waals surface area (Å²) >= 11 is 0. The quantitative estimate of drug-likeness (QED) is 0.166. The Labute approximate surface area is 389 Å². The van der Waals surface area contributed by atoms with Gasteiger partial charge in [0.25, 0.3) is 0 Å². The van der Waals surface area contributed by atoms with Gasteiger partial charge in [-0.25, -0.2) is 0 Å². The molecule has 0 fully saturated rings. The van der Waals surface area contributed by atoms with Gasteiger partial charge in [0.2, 0.25) is 0 Å². The Morgan fingerprint density at radius 2 is 0.806 bits per heavy atom. The van der Waals surface area contributed by atoms with Crippen LogP contribution in [0.15, 0.2) is 253 Å². The summed E-state index contributed by atoms with van der Waals surface area (Å²) in [7, 11) is 0. The molecule has 2 aliphatic carbocycles. The van der Waals surface area contributed by atoms with E-state index in [-0.39, 0.29) is 0 Å². The predicted molar refractivity (Wildman–Crippen MR) is 279 cm³/mol. The largest absolute Gasteiger partial charge is 0.455 e. The third kappa shape index (κ3) is 5.39. The third-order valence-electron chi connectivity index (χ3n) is 14.5. The smallest absolute Gasteiger partial charge is 0.143 e. The highest BCUT2D eigenvalue weighted by molar-refractivity contribution is 6.23. The maximum Gasteiger partial charge on any atom is 0.143 e. The SMILES string of the molecule is c1ccc(-c2cccc(-c3cccc4oc5c6ccccc6c(N(c6ccccc6-c6ccccc6)c6cccc7c6-c6ccccc6C76c7ccccc7-c7ccccc76)cc5c34)c2)cc1. The zero-order valence-electron chi connectivity index (χ0n) is 36.5. The van der Waals surface area contributed by atoms with E-state index in [0.29, 0.717) is 0 Å². The molecule has 14 rings (SSSR count). The highest BCUT2D eigenvalue weighted by Crippen LogP contribution is 2.65. The van der Waals surface area contributed by atoms with E-state index in [4.69, 9.17) is 4.42 Å². The highest BCUT2D eigenvalue weighted by Gasteiger charge is 2.52. The molecule has 2 heteroatoms. The Bertz CT molecular complexity index is 3890. The topological polar surface area (TPSA) is 16.4 Å². The lowest BCUT2D eigenvalue weighted by Gasteiger charge is -2.33. The number of fused-ring (bicyclic) bond motifs is 15. The van der Waals surface area contributed by atoms with E-state index in [9.17, 15) is 0 Å². The molecule has 0 N–H and O–H groups in total. The molecule has 67 heavy (non-hydrogen) atoms. The number of furan rings is 1. The summed E-state index contributed by atoms with van der Waals surface area (Å²) in [6.07, 6.45) is 0. The molecule has 0 aliphatic heterocycles. The first-order chi connectivity index (χ1) is 33.3. The second kappa shape index (κ2) is 14.7. The van der Waals surface area contributed by atoms with Crippen molar-refractivity contribution in [1.29, 1.82) is 0 Å². The Balaban J connectivity index is 1.10. The summed E-state index contributed by atoms with van der Waals surface area (Å²) < 4.78 is 7.01. The number of hydrogen-bond acceptors (Lipinski definition) is 2. The molecule has 1 heterocycles. The summed E-state index contributed by atoms with van der Waals surface area (Å²) in [4.78, 5) is 2.56. The van der Waals surface area contributed by atoms with Crippen LogP contribution >= 0.6 is 0 Å². The second-order valence-corrected chi connectivity index (χ2v) is 17.9. The van der Waals surface area contributed by atoms with Crippen molar-refractivity contribution < 1.29 is 4.42 Å².